The number of sulfone groups is 1. The number of para-hydroxylation sites is 2. The average molecular weight is 702 g/mol. The molecule has 3 N–H and O–H groups in total. The van der Waals surface area contributed by atoms with Gasteiger partial charge in [-0.2, -0.15) is 0 Å². The van der Waals surface area contributed by atoms with Crippen LogP contribution in [-0.4, -0.2) is 84.3 Å². The number of benzene rings is 4. The van der Waals surface area contributed by atoms with Crippen molar-refractivity contribution in [2.45, 2.75) is 43.0 Å². The summed E-state index contributed by atoms with van der Waals surface area (Å²) < 4.78 is 25.1. The van der Waals surface area contributed by atoms with Crippen molar-refractivity contribution in [3.05, 3.63) is 124 Å². The van der Waals surface area contributed by atoms with E-state index in [9.17, 15) is 13.2 Å². The number of halogens is 2. The zero-order valence-electron chi connectivity index (χ0n) is 26.5. The SMILES string of the molecule is CN1CCC[C@@H]1Cc1c[nH]c2ccc(CCS(=O)(=O)c3ccccc3)cc12.O=C(O)Cc1ccccc1Nc1c(Cl)cccc1Cl.[Na]. The van der Waals surface area contributed by atoms with E-state index in [0.717, 1.165) is 17.5 Å². The van der Waals surface area contributed by atoms with E-state index < -0.39 is 15.8 Å². The largest absolute Gasteiger partial charge is 0.481 e. The van der Waals surface area contributed by atoms with Crippen LogP contribution in [0.25, 0.3) is 10.9 Å². The van der Waals surface area contributed by atoms with Crippen LogP contribution in [0.15, 0.2) is 102 Å². The molecule has 11 heteroatoms. The van der Waals surface area contributed by atoms with E-state index in [0.29, 0.717) is 44.3 Å². The third-order valence-electron chi connectivity index (χ3n) is 8.30. The second-order valence-electron chi connectivity index (χ2n) is 11.5. The number of aromatic nitrogens is 1. The minimum absolute atomic E-state index is 0. The van der Waals surface area contributed by atoms with Gasteiger partial charge in [-0.05, 0) is 98.4 Å². The summed E-state index contributed by atoms with van der Waals surface area (Å²) >= 11 is 12.1. The first kappa shape index (κ1) is 37.0. The third kappa shape index (κ3) is 9.86. The van der Waals surface area contributed by atoms with Gasteiger partial charge in [-0.15, -0.1) is 0 Å². The van der Waals surface area contributed by atoms with Crippen LogP contribution in [0.1, 0.15) is 29.5 Å². The minimum atomic E-state index is -3.25. The van der Waals surface area contributed by atoms with Gasteiger partial charge < -0.3 is 20.3 Å². The Balaban J connectivity index is 0.000000221. The summed E-state index contributed by atoms with van der Waals surface area (Å²) in [7, 11) is -1.05. The van der Waals surface area contributed by atoms with Gasteiger partial charge in [0.1, 0.15) is 0 Å². The summed E-state index contributed by atoms with van der Waals surface area (Å²) in [6.07, 6.45) is 6.14. The number of carboxylic acids is 1. The van der Waals surface area contributed by atoms with Crippen LogP contribution in [0, 0.1) is 0 Å². The number of nitrogens with zero attached hydrogens (tertiary/aromatic N) is 1. The van der Waals surface area contributed by atoms with Crippen molar-refractivity contribution < 1.29 is 18.3 Å². The quantitative estimate of drug-likeness (QED) is 0.129. The molecule has 1 saturated heterocycles. The van der Waals surface area contributed by atoms with E-state index >= 15 is 0 Å². The molecule has 0 saturated carbocycles. The zero-order valence-corrected chi connectivity index (χ0v) is 30.9. The first-order chi connectivity index (χ1) is 22.1. The van der Waals surface area contributed by atoms with Gasteiger partial charge in [0.15, 0.2) is 9.84 Å². The maximum Gasteiger partial charge on any atom is 0.307 e. The summed E-state index contributed by atoms with van der Waals surface area (Å²) in [5.41, 5.74) is 5.45. The van der Waals surface area contributed by atoms with Crippen molar-refractivity contribution in [1.82, 2.24) is 9.88 Å². The predicted molar refractivity (Wildman–Crippen MR) is 193 cm³/mol. The van der Waals surface area contributed by atoms with E-state index in [2.05, 4.69) is 40.6 Å². The maximum absolute atomic E-state index is 12.5. The first-order valence-corrected chi connectivity index (χ1v) is 17.6. The molecule has 0 bridgehead atoms. The van der Waals surface area contributed by atoms with E-state index in [1.807, 2.05) is 18.2 Å². The molecule has 5 aromatic rings. The van der Waals surface area contributed by atoms with Crippen molar-refractivity contribution in [2.75, 3.05) is 24.7 Å². The number of aryl methyl sites for hydroxylation is 1. The Hall–Kier alpha value is -2.82. The number of anilines is 2. The number of hydrogen-bond donors (Lipinski definition) is 3. The van der Waals surface area contributed by atoms with E-state index in [4.69, 9.17) is 28.3 Å². The topological polar surface area (TPSA) is 103 Å². The van der Waals surface area contributed by atoms with Crippen LogP contribution in [-0.2, 0) is 33.9 Å². The second-order valence-corrected chi connectivity index (χ2v) is 14.4. The van der Waals surface area contributed by atoms with E-state index in [1.54, 1.807) is 60.7 Å². The summed E-state index contributed by atoms with van der Waals surface area (Å²) in [6, 6.07) is 27.9. The number of aliphatic carboxylic acids is 1. The third-order valence-corrected chi connectivity index (χ3v) is 10.7. The number of rotatable bonds is 10. The van der Waals surface area contributed by atoms with Crippen molar-refractivity contribution in [3.63, 3.8) is 0 Å². The summed E-state index contributed by atoms with van der Waals surface area (Å²) in [5, 5.41) is 14.2. The maximum atomic E-state index is 12.5. The van der Waals surface area contributed by atoms with Crippen molar-refractivity contribution in [2.24, 2.45) is 0 Å². The molecule has 0 aliphatic carbocycles. The Bertz CT molecular complexity index is 1900. The number of H-pyrrole nitrogens is 1. The standard InChI is InChI=1S/C22H26N2O2S.C14H11Cl2NO2.Na/c1-24-12-5-6-19(24)15-18-16-23-22-10-9-17(14-21(18)22)11-13-27(25,26)20-7-3-2-4-8-20;15-10-5-3-6-11(16)14(10)17-12-7-2-1-4-9(12)8-13(18)19;/h2-4,7-10,14,16,19,23H,5-6,11-13,15H2,1H3;1-7,17H,8H2,(H,18,19);/t19-;;/m1../s1. The molecule has 1 radical (unpaired) electrons. The van der Waals surface area contributed by atoms with Crippen molar-refractivity contribution in [3.8, 4) is 0 Å². The van der Waals surface area contributed by atoms with Gasteiger partial charge in [-0.25, -0.2) is 8.42 Å². The number of carboxylic acid groups (broad SMARTS) is 1. The normalized spacial score (nSPS) is 14.7. The number of likely N-dealkylation sites (N-methyl/N-ethyl adjacent to an activating group) is 1. The molecule has 7 nitrogen and oxygen atoms in total. The van der Waals surface area contributed by atoms with Gasteiger partial charge in [0.25, 0.3) is 0 Å². The molecule has 1 aliphatic rings. The number of likely N-dealkylation sites (tertiary alicyclic amines) is 1. The summed E-state index contributed by atoms with van der Waals surface area (Å²) in [5.74, 6) is -0.757. The second kappa shape index (κ2) is 17.0. The Labute approximate surface area is 308 Å². The van der Waals surface area contributed by atoms with Gasteiger partial charge in [-0.1, -0.05) is 71.7 Å². The van der Waals surface area contributed by atoms with Gasteiger partial charge in [-0.3, -0.25) is 4.79 Å². The molecule has 1 fully saturated rings. The number of nitrogens with one attached hydrogen (secondary N) is 2. The molecule has 1 aromatic heterocycles. The van der Waals surface area contributed by atoms with Crippen molar-refractivity contribution >= 4 is 90.8 Å². The molecule has 0 amide bonds. The van der Waals surface area contributed by atoms with Crippen LogP contribution in [0.5, 0.6) is 0 Å². The number of carbonyl (C=O) groups is 1. The zero-order chi connectivity index (χ0) is 32.7. The fourth-order valence-electron chi connectivity index (χ4n) is 5.75. The number of aromatic amines is 1. The van der Waals surface area contributed by atoms with E-state index in [-0.39, 0.29) is 41.7 Å². The van der Waals surface area contributed by atoms with Crippen LogP contribution < -0.4 is 5.32 Å². The Morgan fingerprint density at radius 3 is 2.34 bits per heavy atom. The molecule has 0 unspecified atom stereocenters. The van der Waals surface area contributed by atoms with Gasteiger partial charge in [0.2, 0.25) is 0 Å². The molecular formula is C36H37Cl2N3NaO4S. The van der Waals surface area contributed by atoms with Gasteiger partial charge in [0, 0.05) is 58.4 Å². The fourth-order valence-corrected chi connectivity index (χ4v) is 7.55. The molecule has 6 rings (SSSR count). The number of fused-ring (bicyclic) bond motifs is 1. The van der Waals surface area contributed by atoms with Crippen LogP contribution >= 0.6 is 23.2 Å². The summed E-state index contributed by atoms with van der Waals surface area (Å²) in [6.45, 7) is 1.18. The van der Waals surface area contributed by atoms with Gasteiger partial charge in [0.05, 0.1) is 32.8 Å². The molecule has 0 spiro atoms. The Morgan fingerprint density at radius 2 is 1.66 bits per heavy atom. The van der Waals surface area contributed by atoms with Crippen LogP contribution in [0.2, 0.25) is 10.0 Å². The minimum Gasteiger partial charge on any atom is -0.481 e. The van der Waals surface area contributed by atoms with E-state index in [1.165, 1.54) is 30.3 Å². The smallest absolute Gasteiger partial charge is 0.307 e. The molecular weight excluding hydrogens is 664 g/mol. The average Bonchev–Trinajstić information content (AvgIpc) is 3.64. The molecule has 4 aromatic carbocycles. The fraction of sp³-hybridized carbons (Fsp3) is 0.250. The first-order valence-electron chi connectivity index (χ1n) is 15.2. The van der Waals surface area contributed by atoms with Crippen molar-refractivity contribution in [1.29, 1.82) is 0 Å². The molecule has 2 heterocycles. The molecule has 241 valence electrons. The van der Waals surface area contributed by atoms with Crippen LogP contribution in [0.4, 0.5) is 11.4 Å². The Kier molecular flexibility index (Phi) is 13.4. The molecule has 47 heavy (non-hydrogen) atoms. The monoisotopic (exact) mass is 700 g/mol. The predicted octanol–water partition coefficient (Wildman–Crippen LogP) is 7.80. The Morgan fingerprint density at radius 1 is 0.957 bits per heavy atom. The van der Waals surface area contributed by atoms with Crippen LogP contribution in [0.3, 0.4) is 0 Å². The summed E-state index contributed by atoms with van der Waals surface area (Å²) in [4.78, 5) is 17.0. The number of hydrogen-bond acceptors (Lipinski definition) is 5. The molecule has 1 aliphatic heterocycles. The molecule has 1 atom stereocenters. The van der Waals surface area contributed by atoms with Gasteiger partial charge >= 0.3 is 5.97 Å².